The predicted octanol–water partition coefficient (Wildman–Crippen LogP) is 4.86. The highest BCUT2D eigenvalue weighted by molar-refractivity contribution is 6.31. The molecule has 0 atom stereocenters. The average molecular weight is 439 g/mol. The van der Waals surface area contributed by atoms with Gasteiger partial charge in [0, 0.05) is 10.7 Å². The van der Waals surface area contributed by atoms with E-state index in [-0.39, 0.29) is 18.8 Å². The van der Waals surface area contributed by atoms with E-state index < -0.39 is 11.9 Å². The summed E-state index contributed by atoms with van der Waals surface area (Å²) in [7, 11) is 0. The van der Waals surface area contributed by atoms with E-state index in [4.69, 9.17) is 21.1 Å². The first kappa shape index (κ1) is 23.7. The number of hydrogen-bond acceptors (Lipinski definition) is 5. The van der Waals surface area contributed by atoms with Gasteiger partial charge in [0.2, 0.25) is 0 Å². The van der Waals surface area contributed by atoms with Gasteiger partial charge < -0.3 is 14.8 Å². The van der Waals surface area contributed by atoms with E-state index in [1.54, 1.807) is 49.4 Å². The van der Waals surface area contributed by atoms with Crippen molar-refractivity contribution in [2.24, 2.45) is 0 Å². The molecule has 31 heavy (non-hydrogen) atoms. The van der Waals surface area contributed by atoms with Crippen LogP contribution in [0.1, 0.15) is 23.6 Å². The SMILES string of the molecule is C=CCc1cc(/C=C(/C#N)C(=O)Nc2ccc(C)c(Cl)c2)ccc1OCC(=O)OCC. The van der Waals surface area contributed by atoms with Crippen molar-refractivity contribution >= 4 is 35.2 Å². The molecule has 0 aromatic heterocycles. The van der Waals surface area contributed by atoms with Gasteiger partial charge in [-0.25, -0.2) is 4.79 Å². The number of carbonyl (C=O) groups excluding carboxylic acids is 2. The van der Waals surface area contributed by atoms with Crippen LogP contribution < -0.4 is 10.1 Å². The molecule has 0 saturated heterocycles. The van der Waals surface area contributed by atoms with Crippen LogP contribution >= 0.6 is 11.6 Å². The van der Waals surface area contributed by atoms with Crippen LogP contribution in [0.15, 0.2) is 54.6 Å². The molecule has 0 aliphatic carbocycles. The number of rotatable bonds is 9. The number of nitrogens with one attached hydrogen (secondary N) is 1. The second kappa shape index (κ2) is 11.6. The minimum absolute atomic E-state index is 0.0681. The van der Waals surface area contributed by atoms with Crippen molar-refractivity contribution in [1.29, 1.82) is 5.26 Å². The third-order valence-electron chi connectivity index (χ3n) is 4.21. The maximum absolute atomic E-state index is 12.5. The third kappa shape index (κ3) is 7.02. The van der Waals surface area contributed by atoms with Gasteiger partial charge in [-0.15, -0.1) is 6.58 Å². The monoisotopic (exact) mass is 438 g/mol. The highest BCUT2D eigenvalue weighted by Gasteiger charge is 2.12. The summed E-state index contributed by atoms with van der Waals surface area (Å²) in [5, 5.41) is 12.7. The standard InChI is InChI=1S/C24H23ClN2O4/c1-4-6-18-11-17(8-10-22(18)31-15-23(28)30-5-2)12-19(14-26)24(29)27-20-9-7-16(3)21(25)13-20/h4,7-13H,1,5-6,15H2,2-3H3,(H,27,29)/b19-12-. The first-order valence-corrected chi connectivity index (χ1v) is 9.97. The fourth-order valence-corrected chi connectivity index (χ4v) is 2.85. The quantitative estimate of drug-likeness (QED) is 0.261. The Morgan fingerprint density at radius 3 is 2.68 bits per heavy atom. The van der Waals surface area contributed by atoms with Crippen molar-refractivity contribution in [1.82, 2.24) is 0 Å². The molecule has 0 aliphatic rings. The van der Waals surface area contributed by atoms with E-state index in [1.165, 1.54) is 6.08 Å². The number of allylic oxidation sites excluding steroid dienone is 1. The summed E-state index contributed by atoms with van der Waals surface area (Å²) in [6, 6.07) is 12.2. The second-order valence-electron chi connectivity index (χ2n) is 6.54. The summed E-state index contributed by atoms with van der Waals surface area (Å²) >= 11 is 6.09. The molecule has 0 spiro atoms. The minimum atomic E-state index is -0.546. The number of carbonyl (C=O) groups is 2. The normalized spacial score (nSPS) is 10.7. The number of nitriles is 1. The molecule has 2 aromatic carbocycles. The largest absolute Gasteiger partial charge is 0.482 e. The number of halogens is 1. The summed E-state index contributed by atoms with van der Waals surface area (Å²) in [5.41, 5.74) is 2.71. The summed E-state index contributed by atoms with van der Waals surface area (Å²) in [6.45, 7) is 7.37. The van der Waals surface area contributed by atoms with Crippen LogP contribution in [0.25, 0.3) is 6.08 Å². The molecule has 0 radical (unpaired) electrons. The molecule has 0 bridgehead atoms. The van der Waals surface area contributed by atoms with E-state index >= 15 is 0 Å². The van der Waals surface area contributed by atoms with Crippen molar-refractivity contribution < 1.29 is 19.1 Å². The fraction of sp³-hybridized carbons (Fsp3) is 0.208. The van der Waals surface area contributed by atoms with Crippen LogP contribution in [-0.2, 0) is 20.7 Å². The zero-order chi connectivity index (χ0) is 22.8. The number of nitrogens with zero attached hydrogens (tertiary/aromatic N) is 1. The molecule has 0 heterocycles. The second-order valence-corrected chi connectivity index (χ2v) is 6.95. The molecule has 160 valence electrons. The van der Waals surface area contributed by atoms with Gasteiger partial charge >= 0.3 is 5.97 Å². The van der Waals surface area contributed by atoms with E-state index in [0.717, 1.165) is 11.1 Å². The fourth-order valence-electron chi connectivity index (χ4n) is 2.67. The Morgan fingerprint density at radius 2 is 2.03 bits per heavy atom. The number of hydrogen-bond donors (Lipinski definition) is 1. The van der Waals surface area contributed by atoms with Gasteiger partial charge in [0.25, 0.3) is 5.91 Å². The van der Waals surface area contributed by atoms with Gasteiger partial charge in [-0.1, -0.05) is 29.8 Å². The number of anilines is 1. The maximum atomic E-state index is 12.5. The molecule has 0 saturated carbocycles. The van der Waals surface area contributed by atoms with Gasteiger partial charge in [0.15, 0.2) is 6.61 Å². The summed E-state index contributed by atoms with van der Waals surface area (Å²) in [5.74, 6) is -0.506. The van der Waals surface area contributed by atoms with Crippen LogP contribution in [0.2, 0.25) is 5.02 Å². The van der Waals surface area contributed by atoms with Crippen LogP contribution in [0.3, 0.4) is 0 Å². The molecule has 1 amide bonds. The molecule has 6 nitrogen and oxygen atoms in total. The van der Waals surface area contributed by atoms with Crippen LogP contribution in [0, 0.1) is 18.3 Å². The molecular formula is C24H23ClN2O4. The highest BCUT2D eigenvalue weighted by Crippen LogP contribution is 2.24. The zero-order valence-electron chi connectivity index (χ0n) is 17.4. The summed E-state index contributed by atoms with van der Waals surface area (Å²) in [6.07, 6.45) is 3.65. The molecule has 0 unspecified atom stereocenters. The summed E-state index contributed by atoms with van der Waals surface area (Å²) in [4.78, 5) is 24.1. The molecule has 7 heteroatoms. The van der Waals surface area contributed by atoms with Crippen molar-refractivity contribution in [3.8, 4) is 11.8 Å². The first-order chi connectivity index (χ1) is 14.9. The maximum Gasteiger partial charge on any atom is 0.344 e. The van der Waals surface area contributed by atoms with Gasteiger partial charge in [-0.2, -0.15) is 5.26 Å². The Bertz CT molecular complexity index is 1050. The number of esters is 1. The minimum Gasteiger partial charge on any atom is -0.482 e. The molecule has 0 aliphatic heterocycles. The molecule has 2 aromatic rings. The molecule has 0 fully saturated rings. The van der Waals surface area contributed by atoms with Gasteiger partial charge in [0.1, 0.15) is 17.4 Å². The lowest BCUT2D eigenvalue weighted by Gasteiger charge is -2.11. The van der Waals surface area contributed by atoms with Crippen LogP contribution in [-0.4, -0.2) is 25.1 Å². The average Bonchev–Trinajstić information content (AvgIpc) is 2.74. The topological polar surface area (TPSA) is 88.4 Å². The lowest BCUT2D eigenvalue weighted by Crippen LogP contribution is -2.15. The number of ether oxygens (including phenoxy) is 2. The lowest BCUT2D eigenvalue weighted by atomic mass is 10.0. The summed E-state index contributed by atoms with van der Waals surface area (Å²) < 4.78 is 10.4. The zero-order valence-corrected chi connectivity index (χ0v) is 18.2. The van der Waals surface area contributed by atoms with Crippen LogP contribution in [0.4, 0.5) is 5.69 Å². The lowest BCUT2D eigenvalue weighted by molar-refractivity contribution is -0.145. The molecular weight excluding hydrogens is 416 g/mol. The third-order valence-corrected chi connectivity index (χ3v) is 4.61. The van der Waals surface area contributed by atoms with Crippen molar-refractivity contribution in [2.75, 3.05) is 18.5 Å². The number of amides is 1. The van der Waals surface area contributed by atoms with Crippen LogP contribution in [0.5, 0.6) is 5.75 Å². The number of benzene rings is 2. The highest BCUT2D eigenvalue weighted by atomic mass is 35.5. The Kier molecular flexibility index (Phi) is 8.86. The Balaban J connectivity index is 2.22. The first-order valence-electron chi connectivity index (χ1n) is 9.59. The Morgan fingerprint density at radius 1 is 1.26 bits per heavy atom. The van der Waals surface area contributed by atoms with Crippen molar-refractivity contribution in [3.05, 3.63) is 76.3 Å². The predicted molar refractivity (Wildman–Crippen MR) is 121 cm³/mol. The smallest absolute Gasteiger partial charge is 0.344 e. The Labute approximate surface area is 186 Å². The molecule has 1 N–H and O–H groups in total. The van der Waals surface area contributed by atoms with Gasteiger partial charge in [-0.05, 0) is 67.3 Å². The van der Waals surface area contributed by atoms with Gasteiger partial charge in [0.05, 0.1) is 6.61 Å². The van der Waals surface area contributed by atoms with E-state index in [1.807, 2.05) is 13.0 Å². The number of aryl methyl sites for hydroxylation is 1. The van der Waals surface area contributed by atoms with E-state index in [0.29, 0.717) is 28.4 Å². The van der Waals surface area contributed by atoms with Crippen molar-refractivity contribution in [3.63, 3.8) is 0 Å². The van der Waals surface area contributed by atoms with E-state index in [2.05, 4.69) is 11.9 Å². The van der Waals surface area contributed by atoms with Crippen molar-refractivity contribution in [2.45, 2.75) is 20.3 Å². The Hall–Kier alpha value is -3.56. The van der Waals surface area contributed by atoms with Gasteiger partial charge in [-0.3, -0.25) is 4.79 Å². The van der Waals surface area contributed by atoms with E-state index in [9.17, 15) is 14.9 Å². The molecule has 2 rings (SSSR count).